The van der Waals surface area contributed by atoms with Crippen LogP contribution in [0.4, 0.5) is 0 Å². The zero-order valence-electron chi connectivity index (χ0n) is 16.2. The summed E-state index contributed by atoms with van der Waals surface area (Å²) in [7, 11) is -3.82. The Morgan fingerprint density at radius 2 is 1.03 bits per heavy atom. The average Bonchev–Trinajstić information content (AvgIpc) is 2.79. The summed E-state index contributed by atoms with van der Waals surface area (Å²) in [6, 6.07) is 30.3. The van der Waals surface area contributed by atoms with Crippen LogP contribution in [0.2, 0.25) is 0 Å². The first-order chi connectivity index (χ1) is 15.1. The van der Waals surface area contributed by atoms with E-state index in [1.807, 2.05) is 84.9 Å². The summed E-state index contributed by atoms with van der Waals surface area (Å²) in [4.78, 5) is 0. The van der Waals surface area contributed by atoms with Gasteiger partial charge in [0.05, 0.1) is 10.6 Å². The molecule has 2 heterocycles. The maximum absolute atomic E-state index is 14.3. The highest BCUT2D eigenvalue weighted by molar-refractivity contribution is 8.15. The van der Waals surface area contributed by atoms with E-state index in [2.05, 4.69) is 0 Å². The van der Waals surface area contributed by atoms with Crippen molar-refractivity contribution < 1.29 is 17.9 Å². The molecule has 32 heavy (non-hydrogen) atoms. The predicted molar refractivity (Wildman–Crippen MR) is 134 cm³/mol. The second kappa shape index (κ2) is 7.72. The van der Waals surface area contributed by atoms with E-state index in [0.717, 1.165) is 27.6 Å². The number of hydrogen-bond acceptors (Lipinski definition) is 5. The maximum Gasteiger partial charge on any atom is 0.417 e. The molecule has 0 radical (unpaired) electrons. The molecule has 0 bridgehead atoms. The van der Waals surface area contributed by atoms with Crippen molar-refractivity contribution in [2.24, 2.45) is 0 Å². The molecule has 2 aliphatic rings. The lowest BCUT2D eigenvalue weighted by molar-refractivity contribution is 0.394. The number of hydrogen-bond donors (Lipinski definition) is 0. The minimum Gasteiger partial charge on any atom is -0.439 e. The molecule has 2 aliphatic heterocycles. The Kier molecular flexibility index (Phi) is 5.11. The van der Waals surface area contributed by atoms with Crippen molar-refractivity contribution in [3.05, 3.63) is 97.1 Å². The van der Waals surface area contributed by atoms with E-state index < -0.39 is 14.1 Å². The van der Waals surface area contributed by atoms with Crippen molar-refractivity contribution in [3.8, 4) is 33.8 Å². The fourth-order valence-electron chi connectivity index (χ4n) is 4.04. The second-order valence-corrected chi connectivity index (χ2v) is 12.7. The summed E-state index contributed by atoms with van der Waals surface area (Å²) in [5.74, 6) is 1.14. The van der Waals surface area contributed by atoms with Crippen LogP contribution in [0.1, 0.15) is 7.43 Å². The van der Waals surface area contributed by atoms with Crippen molar-refractivity contribution in [1.82, 2.24) is 0 Å². The summed E-state index contributed by atoms with van der Waals surface area (Å²) >= 11 is 5.98. The van der Waals surface area contributed by atoms with Crippen LogP contribution >= 0.6 is 14.1 Å². The fraction of sp³-hybridized carbons (Fsp3) is 0.0400. The smallest absolute Gasteiger partial charge is 0.417 e. The number of rotatable bonds is 2. The zero-order chi connectivity index (χ0) is 21.1. The van der Waals surface area contributed by atoms with Gasteiger partial charge in [-0.1, -0.05) is 80.2 Å². The van der Waals surface area contributed by atoms with Gasteiger partial charge in [-0.2, -0.15) is 0 Å². The van der Waals surface area contributed by atoms with Crippen LogP contribution in [0.5, 0.6) is 11.5 Å². The monoisotopic (exact) mass is 478 g/mol. The van der Waals surface area contributed by atoms with Crippen molar-refractivity contribution >= 4 is 36.5 Å². The van der Waals surface area contributed by atoms with Gasteiger partial charge in [-0.3, -0.25) is 0 Å². The Morgan fingerprint density at radius 1 is 0.594 bits per heavy atom. The van der Waals surface area contributed by atoms with E-state index in [1.165, 1.54) is 0 Å². The van der Waals surface area contributed by atoms with Gasteiger partial charge in [-0.25, -0.2) is 8.88 Å². The van der Waals surface area contributed by atoms with E-state index in [-0.39, 0.29) is 7.43 Å². The molecular weight excluding hydrogens is 458 g/mol. The predicted octanol–water partition coefficient (Wildman–Crippen LogP) is 6.91. The van der Waals surface area contributed by atoms with Gasteiger partial charge in [0.25, 0.3) is 6.49 Å². The second-order valence-electron chi connectivity index (χ2n) is 7.29. The summed E-state index contributed by atoms with van der Waals surface area (Å²) in [5, 5.41) is 1.23. The topological polar surface area (TPSA) is 44.8 Å². The highest BCUT2D eigenvalue weighted by Gasteiger charge is 2.45. The SMILES string of the molecule is C.O=P1(OP2(=S)Oc3ccccc3-c3ccccc32)Oc2ccccc2-c2ccccc21. The van der Waals surface area contributed by atoms with Gasteiger partial charge in [-0.05, 0) is 41.6 Å². The van der Waals surface area contributed by atoms with E-state index in [4.69, 9.17) is 25.2 Å². The standard InChI is InChI=1S/C24H16O4P2S.CH4/c25-29(23-15-7-3-11-19(23)17-9-1-5-13-21(17)26-29)28-30(31)24-16-8-4-12-20(24)18-10-2-6-14-22(18)27-30;/h1-16H;1H4. The summed E-state index contributed by atoms with van der Waals surface area (Å²) in [5.41, 5.74) is 3.57. The molecule has 0 aromatic heterocycles. The third kappa shape index (κ3) is 3.17. The van der Waals surface area contributed by atoms with Gasteiger partial charge < -0.3 is 9.05 Å². The molecule has 160 valence electrons. The fourth-order valence-corrected chi connectivity index (χ4v) is 10.2. The van der Waals surface area contributed by atoms with Crippen LogP contribution in [-0.2, 0) is 20.7 Å². The van der Waals surface area contributed by atoms with Gasteiger partial charge in [0.2, 0.25) is 0 Å². The molecule has 4 aromatic carbocycles. The quantitative estimate of drug-likeness (QED) is 0.293. The molecule has 6 rings (SSSR count). The molecule has 0 amide bonds. The van der Waals surface area contributed by atoms with E-state index in [1.54, 1.807) is 12.1 Å². The Balaban J connectivity index is 0.00000216. The Morgan fingerprint density at radius 3 is 1.66 bits per heavy atom. The maximum atomic E-state index is 14.3. The van der Waals surface area contributed by atoms with Gasteiger partial charge in [-0.15, -0.1) is 0 Å². The molecule has 0 fully saturated rings. The first-order valence-corrected chi connectivity index (χ1v) is 13.9. The molecule has 4 nitrogen and oxygen atoms in total. The van der Waals surface area contributed by atoms with Crippen molar-refractivity contribution in [3.63, 3.8) is 0 Å². The molecule has 0 saturated carbocycles. The lowest BCUT2D eigenvalue weighted by atomic mass is 10.0. The molecule has 2 atom stereocenters. The lowest BCUT2D eigenvalue weighted by Gasteiger charge is -2.35. The molecule has 0 aliphatic carbocycles. The normalized spacial score (nSPS) is 22.0. The third-order valence-corrected chi connectivity index (χ3v) is 11.4. The largest absolute Gasteiger partial charge is 0.439 e. The zero-order valence-corrected chi connectivity index (χ0v) is 18.8. The van der Waals surface area contributed by atoms with E-state index in [9.17, 15) is 4.57 Å². The van der Waals surface area contributed by atoms with Gasteiger partial charge in [0.1, 0.15) is 11.5 Å². The highest BCUT2D eigenvalue weighted by Crippen LogP contribution is 2.68. The first kappa shape index (κ1) is 21.2. The summed E-state index contributed by atoms with van der Waals surface area (Å²) < 4.78 is 32.9. The molecule has 2 unspecified atom stereocenters. The minimum atomic E-state index is -3.82. The Labute approximate surface area is 192 Å². The van der Waals surface area contributed by atoms with E-state index >= 15 is 0 Å². The Hall–Kier alpha value is -2.68. The number of fused-ring (bicyclic) bond motifs is 6. The molecular formula is C25H20O4P2S. The van der Waals surface area contributed by atoms with Crippen molar-refractivity contribution in [1.29, 1.82) is 0 Å². The van der Waals surface area contributed by atoms with Gasteiger partial charge in [0, 0.05) is 16.7 Å². The molecule has 0 spiro atoms. The van der Waals surface area contributed by atoms with Crippen LogP contribution in [0.25, 0.3) is 22.3 Å². The summed E-state index contributed by atoms with van der Waals surface area (Å²) in [6.07, 6.45) is 0. The highest BCUT2D eigenvalue weighted by atomic mass is 32.5. The molecule has 7 heteroatoms. The van der Waals surface area contributed by atoms with Crippen LogP contribution in [0, 0.1) is 0 Å². The van der Waals surface area contributed by atoms with Crippen LogP contribution < -0.4 is 19.7 Å². The van der Waals surface area contributed by atoms with Crippen molar-refractivity contribution in [2.75, 3.05) is 0 Å². The van der Waals surface area contributed by atoms with Crippen LogP contribution in [0.15, 0.2) is 97.1 Å². The number of para-hydroxylation sites is 2. The van der Waals surface area contributed by atoms with Crippen LogP contribution in [-0.4, -0.2) is 0 Å². The van der Waals surface area contributed by atoms with Crippen molar-refractivity contribution in [2.45, 2.75) is 7.43 Å². The third-order valence-electron chi connectivity index (χ3n) is 5.40. The van der Waals surface area contributed by atoms with Gasteiger partial charge >= 0.3 is 7.60 Å². The minimum absolute atomic E-state index is 0. The van der Waals surface area contributed by atoms with E-state index in [0.29, 0.717) is 16.8 Å². The first-order valence-electron chi connectivity index (χ1n) is 9.76. The lowest BCUT2D eigenvalue weighted by Crippen LogP contribution is -2.24. The van der Waals surface area contributed by atoms with Crippen LogP contribution in [0.3, 0.4) is 0 Å². The van der Waals surface area contributed by atoms with Gasteiger partial charge in [0.15, 0.2) is 0 Å². The molecule has 0 N–H and O–H groups in total. The average molecular weight is 478 g/mol. The molecule has 0 saturated heterocycles. The molecule has 4 aromatic rings. The number of benzene rings is 4. The Bertz CT molecular complexity index is 1340. The summed E-state index contributed by atoms with van der Waals surface area (Å²) in [6.45, 7) is -3.19.